The number of nitriles is 1. The van der Waals surface area contributed by atoms with Crippen LogP contribution in [-0.2, 0) is 23.1 Å². The summed E-state index contributed by atoms with van der Waals surface area (Å²) in [6.07, 6.45) is 3.19. The number of H-pyrrole nitrogens is 1. The number of benzene rings is 2. The van der Waals surface area contributed by atoms with E-state index in [4.69, 9.17) is 16.6 Å². The van der Waals surface area contributed by atoms with Crippen molar-refractivity contribution in [3.05, 3.63) is 81.4 Å². The number of aryl methyl sites for hydroxylation is 2. The molecule has 0 saturated carbocycles. The molecule has 11 heteroatoms. The molecule has 1 aliphatic heterocycles. The Kier molecular flexibility index (Phi) is 8.33. The fourth-order valence-electron chi connectivity index (χ4n) is 6.55. The van der Waals surface area contributed by atoms with Gasteiger partial charge >= 0.3 is 0 Å². The maximum atomic E-state index is 13.1. The number of amides is 3. The second kappa shape index (κ2) is 12.0. The third-order valence-electron chi connectivity index (χ3n) is 8.75. The molecule has 2 atom stereocenters. The number of hydrogen-bond acceptors (Lipinski definition) is 7. The van der Waals surface area contributed by atoms with Crippen LogP contribution in [0.25, 0.3) is 0 Å². The van der Waals surface area contributed by atoms with E-state index in [1.54, 1.807) is 17.0 Å². The van der Waals surface area contributed by atoms with Crippen LogP contribution in [0.4, 0.5) is 0 Å². The molecule has 224 valence electrons. The Morgan fingerprint density at radius 3 is 2.16 bits per heavy atom. The van der Waals surface area contributed by atoms with Crippen molar-refractivity contribution in [2.45, 2.75) is 76.3 Å². The van der Waals surface area contributed by atoms with E-state index in [9.17, 15) is 19.6 Å². The quantitative estimate of drug-likeness (QED) is 0.298. The summed E-state index contributed by atoms with van der Waals surface area (Å²) in [5.41, 5.74) is 15.0. The lowest BCUT2D eigenvalue weighted by atomic mass is 9.67. The van der Waals surface area contributed by atoms with E-state index in [2.05, 4.69) is 21.5 Å². The zero-order valence-corrected chi connectivity index (χ0v) is 24.8. The van der Waals surface area contributed by atoms with Gasteiger partial charge in [-0.2, -0.15) is 5.26 Å². The average molecular weight is 583 g/mol. The molecule has 11 nitrogen and oxygen atoms in total. The lowest BCUT2D eigenvalue weighted by molar-refractivity contribution is -0.130. The molecule has 1 fully saturated rings. The number of nitrogens with one attached hydrogen (secondary N) is 2. The number of primary amides is 2. The molecule has 2 aliphatic rings. The normalized spacial score (nSPS) is 17.9. The minimum absolute atomic E-state index is 0.0873. The largest absolute Gasteiger partial charge is 0.366 e. The third kappa shape index (κ3) is 5.62. The number of rotatable bonds is 9. The van der Waals surface area contributed by atoms with Crippen LogP contribution in [0, 0.1) is 11.3 Å². The molecule has 1 unspecified atom stereocenters. The summed E-state index contributed by atoms with van der Waals surface area (Å²) < 4.78 is 0. The SMILES string of the molecule is CC(C)c1nnc(C2(C[C@H](C)NCC(=O)N3CCCC3C#N)c3ccc(C(N)=O)cc3CCc3cc(C(N)=O)ccc32)[nH]1. The van der Waals surface area contributed by atoms with Crippen LogP contribution in [0.5, 0.6) is 0 Å². The van der Waals surface area contributed by atoms with E-state index in [-0.39, 0.29) is 30.5 Å². The molecule has 0 radical (unpaired) electrons. The van der Waals surface area contributed by atoms with Gasteiger partial charge in [0.15, 0.2) is 0 Å². The summed E-state index contributed by atoms with van der Waals surface area (Å²) in [5, 5.41) is 22.0. The van der Waals surface area contributed by atoms with Crippen LogP contribution >= 0.6 is 0 Å². The minimum atomic E-state index is -0.883. The van der Waals surface area contributed by atoms with Gasteiger partial charge in [0.25, 0.3) is 0 Å². The molecule has 2 aromatic carbocycles. The molecular weight excluding hydrogens is 544 g/mol. The van der Waals surface area contributed by atoms with Gasteiger partial charge in [-0.1, -0.05) is 26.0 Å². The molecule has 3 aromatic rings. The van der Waals surface area contributed by atoms with Crippen molar-refractivity contribution >= 4 is 17.7 Å². The van der Waals surface area contributed by atoms with Crippen LogP contribution in [0.15, 0.2) is 36.4 Å². The first-order valence-electron chi connectivity index (χ1n) is 14.8. The molecular formula is C32H38N8O3. The van der Waals surface area contributed by atoms with Crippen molar-refractivity contribution in [3.63, 3.8) is 0 Å². The summed E-state index contributed by atoms with van der Waals surface area (Å²) in [7, 11) is 0. The van der Waals surface area contributed by atoms with Gasteiger partial charge in [0.05, 0.1) is 18.0 Å². The van der Waals surface area contributed by atoms with E-state index in [0.29, 0.717) is 49.2 Å². The van der Waals surface area contributed by atoms with Crippen LogP contribution in [-0.4, -0.2) is 63.0 Å². The number of likely N-dealkylation sites (tertiary alicyclic amines) is 1. The van der Waals surface area contributed by atoms with Gasteiger partial charge in [-0.3, -0.25) is 14.4 Å². The third-order valence-corrected chi connectivity index (χ3v) is 8.75. The van der Waals surface area contributed by atoms with Crippen molar-refractivity contribution in [3.8, 4) is 6.07 Å². The highest BCUT2D eigenvalue weighted by Crippen LogP contribution is 2.47. The van der Waals surface area contributed by atoms with Crippen LogP contribution in [0.2, 0.25) is 0 Å². The number of hydrogen-bond donors (Lipinski definition) is 4. The zero-order chi connectivity index (χ0) is 30.9. The van der Waals surface area contributed by atoms with E-state index >= 15 is 0 Å². The van der Waals surface area contributed by atoms with Crippen LogP contribution < -0.4 is 16.8 Å². The first kappa shape index (κ1) is 29.9. The molecule has 1 saturated heterocycles. The number of carbonyl (C=O) groups excluding carboxylic acids is 3. The molecule has 43 heavy (non-hydrogen) atoms. The Morgan fingerprint density at radius 2 is 1.65 bits per heavy atom. The summed E-state index contributed by atoms with van der Waals surface area (Å²) in [5.74, 6) is 0.322. The van der Waals surface area contributed by atoms with E-state index in [1.807, 2.05) is 45.0 Å². The summed E-state index contributed by atoms with van der Waals surface area (Å²) in [4.78, 5) is 42.6. The van der Waals surface area contributed by atoms with Gasteiger partial charge in [0.1, 0.15) is 17.7 Å². The van der Waals surface area contributed by atoms with Crippen molar-refractivity contribution in [2.24, 2.45) is 11.5 Å². The van der Waals surface area contributed by atoms with Gasteiger partial charge in [-0.25, -0.2) is 0 Å². The van der Waals surface area contributed by atoms with Gasteiger partial charge in [-0.05, 0) is 85.5 Å². The van der Waals surface area contributed by atoms with Crippen molar-refractivity contribution in [1.29, 1.82) is 5.26 Å². The maximum Gasteiger partial charge on any atom is 0.248 e. The highest BCUT2D eigenvalue weighted by atomic mass is 16.2. The number of aromatic amines is 1. The predicted octanol–water partition coefficient (Wildman–Crippen LogP) is 2.44. The Balaban J connectivity index is 1.64. The summed E-state index contributed by atoms with van der Waals surface area (Å²) in [6, 6.07) is 12.6. The van der Waals surface area contributed by atoms with Gasteiger partial charge < -0.3 is 26.7 Å². The molecule has 1 aromatic heterocycles. The first-order chi connectivity index (χ1) is 20.5. The van der Waals surface area contributed by atoms with Crippen molar-refractivity contribution < 1.29 is 14.4 Å². The molecule has 6 N–H and O–H groups in total. The first-order valence-corrected chi connectivity index (χ1v) is 14.8. The Bertz CT molecular complexity index is 1540. The highest BCUT2D eigenvalue weighted by molar-refractivity contribution is 5.94. The standard InChI is InChI=1S/C32H38N8O3/c1-18(2)30-37-31(39-38-30)32(15-19(3)36-17-27(41)40-12-4-5-24(40)16-33)25-10-8-22(28(34)42)13-20(25)6-7-21-14-23(29(35)43)9-11-26(21)32/h8-11,13-14,18-19,24,36H,4-7,12,15,17H2,1-3H3,(H2,34,42)(H2,35,43)(H,37,38,39)/t19-,24?/m0/s1. The molecule has 1 aliphatic carbocycles. The minimum Gasteiger partial charge on any atom is -0.366 e. The number of aromatic nitrogens is 3. The van der Waals surface area contributed by atoms with E-state index in [1.165, 1.54) is 0 Å². The second-order valence-corrected chi connectivity index (χ2v) is 12.0. The molecule has 0 spiro atoms. The second-order valence-electron chi connectivity index (χ2n) is 12.0. The number of nitrogens with zero attached hydrogens (tertiary/aromatic N) is 4. The van der Waals surface area contributed by atoms with E-state index < -0.39 is 17.2 Å². The zero-order valence-electron chi connectivity index (χ0n) is 24.8. The Labute approximate surface area is 251 Å². The Morgan fingerprint density at radius 1 is 1.05 bits per heavy atom. The maximum absolute atomic E-state index is 13.1. The Hall–Kier alpha value is -4.56. The smallest absolute Gasteiger partial charge is 0.248 e. The van der Waals surface area contributed by atoms with Crippen molar-refractivity contribution in [1.82, 2.24) is 25.4 Å². The van der Waals surface area contributed by atoms with Gasteiger partial charge in [0, 0.05) is 29.6 Å². The molecule has 3 amide bonds. The fraction of sp³-hybridized carbons (Fsp3) is 0.438. The number of carbonyl (C=O) groups is 3. The van der Waals surface area contributed by atoms with Gasteiger partial charge in [-0.15, -0.1) is 10.2 Å². The monoisotopic (exact) mass is 582 g/mol. The molecule has 0 bridgehead atoms. The summed E-state index contributed by atoms with van der Waals surface area (Å²) >= 11 is 0. The van der Waals surface area contributed by atoms with Crippen LogP contribution in [0.1, 0.15) is 101 Å². The number of nitrogens with two attached hydrogens (primary N) is 2. The fourth-order valence-corrected chi connectivity index (χ4v) is 6.55. The van der Waals surface area contributed by atoms with E-state index in [0.717, 1.165) is 34.5 Å². The summed E-state index contributed by atoms with van der Waals surface area (Å²) in [6.45, 7) is 6.75. The highest BCUT2D eigenvalue weighted by Gasteiger charge is 2.45. The molecule has 5 rings (SSSR count). The molecule has 2 heterocycles. The topological polar surface area (TPSA) is 184 Å². The van der Waals surface area contributed by atoms with Crippen molar-refractivity contribution in [2.75, 3.05) is 13.1 Å². The lowest BCUT2D eigenvalue weighted by Crippen LogP contribution is -2.45. The number of fused-ring (bicyclic) bond motifs is 2. The lowest BCUT2D eigenvalue weighted by Gasteiger charge is -2.37. The predicted molar refractivity (Wildman–Crippen MR) is 160 cm³/mol. The van der Waals surface area contributed by atoms with Gasteiger partial charge in [0.2, 0.25) is 17.7 Å². The van der Waals surface area contributed by atoms with Crippen LogP contribution in [0.3, 0.4) is 0 Å². The average Bonchev–Trinajstić information content (AvgIpc) is 3.66.